The quantitative estimate of drug-likeness (QED) is 0.473. The zero-order valence-electron chi connectivity index (χ0n) is 12.6. The highest BCUT2D eigenvalue weighted by molar-refractivity contribution is 6.13. The van der Waals surface area contributed by atoms with Crippen LogP contribution in [-0.2, 0) is 6.18 Å². The largest absolute Gasteiger partial charge is 0.494 e. The van der Waals surface area contributed by atoms with Gasteiger partial charge < -0.3 is 15.8 Å². The molecule has 0 unspecified atom stereocenters. The first-order chi connectivity index (χ1) is 11.3. The number of aliphatic imine (C=N–C) groups is 1. The van der Waals surface area contributed by atoms with Gasteiger partial charge in [0.15, 0.2) is 5.88 Å². The lowest BCUT2D eigenvalue weighted by Crippen LogP contribution is -2.03. The fourth-order valence-electron chi connectivity index (χ4n) is 2.54. The molecule has 0 fully saturated rings. The Balaban J connectivity index is 2.02. The highest BCUT2D eigenvalue weighted by Gasteiger charge is 2.29. The number of hydrogen-bond acceptors (Lipinski definition) is 3. The summed E-state index contributed by atoms with van der Waals surface area (Å²) in [5, 5.41) is 10.8. The topological polar surface area (TPSA) is 74.4 Å². The van der Waals surface area contributed by atoms with Gasteiger partial charge in [0, 0.05) is 16.6 Å². The number of nitrogens with one attached hydrogen (secondary N) is 1. The molecule has 0 aliphatic rings. The van der Waals surface area contributed by atoms with Gasteiger partial charge in [0.2, 0.25) is 0 Å². The second-order valence-electron chi connectivity index (χ2n) is 5.40. The molecule has 1 heterocycles. The van der Waals surface area contributed by atoms with Crippen LogP contribution < -0.4 is 5.73 Å². The standard InChI is InChI=1S/C17H14F3N3O/c1-9(22-12-5-2-10(3-6-12)17(18,19)20)15-13-8-11(21)4-7-14(13)23-16(15)24/h2-8,23-24H,21H2,1H3. The van der Waals surface area contributed by atoms with Crippen molar-refractivity contribution < 1.29 is 18.3 Å². The van der Waals surface area contributed by atoms with Gasteiger partial charge in [-0.05, 0) is 49.4 Å². The van der Waals surface area contributed by atoms with E-state index in [2.05, 4.69) is 9.98 Å². The van der Waals surface area contributed by atoms with Crippen LogP contribution in [0.3, 0.4) is 0 Å². The number of alkyl halides is 3. The minimum Gasteiger partial charge on any atom is -0.494 e. The molecule has 7 heteroatoms. The van der Waals surface area contributed by atoms with E-state index in [1.165, 1.54) is 12.1 Å². The maximum Gasteiger partial charge on any atom is 0.416 e. The molecular weight excluding hydrogens is 319 g/mol. The molecule has 0 spiro atoms. The molecule has 3 aromatic rings. The summed E-state index contributed by atoms with van der Waals surface area (Å²) in [6.45, 7) is 1.67. The molecule has 0 amide bonds. The van der Waals surface area contributed by atoms with Crippen molar-refractivity contribution in [1.82, 2.24) is 4.98 Å². The fourth-order valence-corrected chi connectivity index (χ4v) is 2.54. The number of nitrogen functional groups attached to an aromatic ring is 1. The number of benzene rings is 2. The molecule has 0 saturated carbocycles. The first kappa shape index (κ1) is 15.9. The summed E-state index contributed by atoms with van der Waals surface area (Å²) in [4.78, 5) is 7.11. The van der Waals surface area contributed by atoms with Crippen LogP contribution in [-0.4, -0.2) is 15.8 Å². The average molecular weight is 333 g/mol. The number of hydrogen-bond donors (Lipinski definition) is 3. The van der Waals surface area contributed by atoms with E-state index >= 15 is 0 Å². The van der Waals surface area contributed by atoms with E-state index in [-0.39, 0.29) is 5.88 Å². The second kappa shape index (κ2) is 5.59. The summed E-state index contributed by atoms with van der Waals surface area (Å²) in [6.07, 6.45) is -4.38. The highest BCUT2D eigenvalue weighted by Crippen LogP contribution is 2.32. The van der Waals surface area contributed by atoms with Crippen molar-refractivity contribution in [3.63, 3.8) is 0 Å². The Kier molecular flexibility index (Phi) is 3.71. The second-order valence-corrected chi connectivity index (χ2v) is 5.40. The molecule has 24 heavy (non-hydrogen) atoms. The Hall–Kier alpha value is -2.96. The summed E-state index contributed by atoms with van der Waals surface area (Å²) in [6, 6.07) is 9.65. The van der Waals surface area contributed by atoms with Gasteiger partial charge in [-0.2, -0.15) is 13.2 Å². The Labute approximate surface area is 135 Å². The third-order valence-corrected chi connectivity index (χ3v) is 3.66. The van der Waals surface area contributed by atoms with Gasteiger partial charge >= 0.3 is 6.18 Å². The number of nitrogens with zero attached hydrogens (tertiary/aromatic N) is 1. The number of aromatic nitrogens is 1. The predicted molar refractivity (Wildman–Crippen MR) is 87.7 cm³/mol. The van der Waals surface area contributed by atoms with Crippen molar-refractivity contribution in [2.45, 2.75) is 13.1 Å². The average Bonchev–Trinajstić information content (AvgIpc) is 2.82. The molecule has 3 rings (SSSR count). The van der Waals surface area contributed by atoms with Crippen LogP contribution in [0.25, 0.3) is 10.9 Å². The molecule has 0 aliphatic carbocycles. The minimum absolute atomic E-state index is 0.0660. The molecule has 124 valence electrons. The third kappa shape index (κ3) is 2.92. The van der Waals surface area contributed by atoms with Crippen LogP contribution in [0.4, 0.5) is 24.5 Å². The van der Waals surface area contributed by atoms with Crippen molar-refractivity contribution in [2.24, 2.45) is 4.99 Å². The number of fused-ring (bicyclic) bond motifs is 1. The predicted octanol–water partition coefficient (Wildman–Crippen LogP) is 4.62. The number of H-pyrrole nitrogens is 1. The number of rotatable bonds is 2. The van der Waals surface area contributed by atoms with E-state index < -0.39 is 11.7 Å². The van der Waals surface area contributed by atoms with Gasteiger partial charge in [0.25, 0.3) is 0 Å². The van der Waals surface area contributed by atoms with Crippen LogP contribution in [0.2, 0.25) is 0 Å². The molecule has 2 aromatic carbocycles. The van der Waals surface area contributed by atoms with E-state index in [0.717, 1.165) is 12.1 Å². The summed E-state index contributed by atoms with van der Waals surface area (Å²) in [7, 11) is 0. The first-order valence-electron chi connectivity index (χ1n) is 7.09. The molecule has 0 saturated heterocycles. The maximum atomic E-state index is 12.6. The number of nitrogens with two attached hydrogens (primary N) is 1. The smallest absolute Gasteiger partial charge is 0.416 e. The van der Waals surface area contributed by atoms with E-state index in [1.54, 1.807) is 25.1 Å². The summed E-state index contributed by atoms with van der Waals surface area (Å²) in [5.41, 5.74) is 7.55. The van der Waals surface area contributed by atoms with Gasteiger partial charge in [-0.25, -0.2) is 0 Å². The Morgan fingerprint density at radius 3 is 2.42 bits per heavy atom. The van der Waals surface area contributed by atoms with Crippen LogP contribution in [0, 0.1) is 0 Å². The van der Waals surface area contributed by atoms with Crippen LogP contribution in [0.1, 0.15) is 18.1 Å². The van der Waals surface area contributed by atoms with E-state index in [0.29, 0.717) is 33.6 Å². The molecule has 4 nitrogen and oxygen atoms in total. The number of aromatic hydroxyl groups is 1. The summed E-state index contributed by atoms with van der Waals surface area (Å²) in [5.74, 6) is -0.0660. The lowest BCUT2D eigenvalue weighted by molar-refractivity contribution is -0.137. The number of anilines is 1. The van der Waals surface area contributed by atoms with E-state index in [1.807, 2.05) is 0 Å². The minimum atomic E-state index is -4.38. The number of halogens is 3. The molecule has 4 N–H and O–H groups in total. The van der Waals surface area contributed by atoms with Gasteiger partial charge in [0.05, 0.1) is 22.5 Å². The van der Waals surface area contributed by atoms with Crippen molar-refractivity contribution >= 4 is 28.0 Å². The summed E-state index contributed by atoms with van der Waals surface area (Å²) < 4.78 is 37.8. The zero-order valence-corrected chi connectivity index (χ0v) is 12.6. The molecule has 0 bridgehead atoms. The Bertz CT molecular complexity index is 925. The monoisotopic (exact) mass is 333 g/mol. The third-order valence-electron chi connectivity index (χ3n) is 3.66. The van der Waals surface area contributed by atoms with Crippen molar-refractivity contribution in [3.05, 3.63) is 53.6 Å². The Morgan fingerprint density at radius 1 is 1.12 bits per heavy atom. The normalized spacial score (nSPS) is 12.8. The lowest BCUT2D eigenvalue weighted by Gasteiger charge is -2.06. The molecule has 0 atom stereocenters. The van der Waals surface area contributed by atoms with E-state index in [4.69, 9.17) is 5.73 Å². The highest BCUT2D eigenvalue weighted by atomic mass is 19.4. The molecular formula is C17H14F3N3O. The van der Waals surface area contributed by atoms with Crippen LogP contribution >= 0.6 is 0 Å². The number of aromatic amines is 1. The molecule has 0 radical (unpaired) electrons. The van der Waals surface area contributed by atoms with Crippen molar-refractivity contribution in [1.29, 1.82) is 0 Å². The van der Waals surface area contributed by atoms with Gasteiger partial charge in [-0.1, -0.05) is 0 Å². The van der Waals surface area contributed by atoms with Crippen LogP contribution in [0.5, 0.6) is 5.88 Å². The van der Waals surface area contributed by atoms with Gasteiger partial charge in [-0.15, -0.1) is 0 Å². The molecule has 1 aromatic heterocycles. The fraction of sp³-hybridized carbons (Fsp3) is 0.118. The Morgan fingerprint density at radius 2 is 1.79 bits per heavy atom. The lowest BCUT2D eigenvalue weighted by atomic mass is 10.1. The van der Waals surface area contributed by atoms with E-state index in [9.17, 15) is 18.3 Å². The van der Waals surface area contributed by atoms with Crippen molar-refractivity contribution in [3.8, 4) is 5.88 Å². The zero-order chi connectivity index (χ0) is 17.5. The first-order valence-corrected chi connectivity index (χ1v) is 7.09. The maximum absolute atomic E-state index is 12.6. The SMILES string of the molecule is CC(=Nc1ccc(C(F)(F)F)cc1)c1c(O)[nH]c2ccc(N)cc12. The van der Waals surface area contributed by atoms with Crippen molar-refractivity contribution in [2.75, 3.05) is 5.73 Å². The van der Waals surface area contributed by atoms with Gasteiger partial charge in [-0.3, -0.25) is 4.99 Å². The van der Waals surface area contributed by atoms with Gasteiger partial charge in [0.1, 0.15) is 0 Å². The van der Waals surface area contributed by atoms with Crippen LogP contribution in [0.15, 0.2) is 47.5 Å². The molecule has 0 aliphatic heterocycles. The summed E-state index contributed by atoms with van der Waals surface area (Å²) >= 11 is 0.